The smallest absolute Gasteiger partial charge is 0.317 e. The molecule has 1 saturated heterocycles. The summed E-state index contributed by atoms with van der Waals surface area (Å²) in [5.74, 6) is -0.933. The molecule has 2 rings (SSSR count). The SMILES string of the molecule is CCCN(CCN1CCCCCC1)C(=O)NC1CCC(C(=O)O)CC1. The minimum Gasteiger partial charge on any atom is -0.481 e. The van der Waals surface area contributed by atoms with E-state index in [9.17, 15) is 9.59 Å². The van der Waals surface area contributed by atoms with Crippen LogP contribution in [0, 0.1) is 5.92 Å². The summed E-state index contributed by atoms with van der Waals surface area (Å²) < 4.78 is 0. The number of amides is 2. The fourth-order valence-corrected chi connectivity index (χ4v) is 3.96. The van der Waals surface area contributed by atoms with E-state index in [1.54, 1.807) is 0 Å². The largest absolute Gasteiger partial charge is 0.481 e. The Hall–Kier alpha value is -1.30. The van der Waals surface area contributed by atoms with Crippen molar-refractivity contribution in [2.45, 2.75) is 70.8 Å². The Morgan fingerprint density at radius 2 is 1.68 bits per heavy atom. The highest BCUT2D eigenvalue weighted by Gasteiger charge is 2.27. The Kier molecular flexibility index (Phi) is 8.52. The van der Waals surface area contributed by atoms with Crippen molar-refractivity contribution in [1.29, 1.82) is 0 Å². The van der Waals surface area contributed by atoms with Gasteiger partial charge in [-0.25, -0.2) is 4.79 Å². The zero-order valence-corrected chi connectivity index (χ0v) is 15.7. The number of carboxylic acids is 1. The number of carbonyl (C=O) groups is 2. The number of nitrogens with one attached hydrogen (secondary N) is 1. The van der Waals surface area contributed by atoms with E-state index in [2.05, 4.69) is 17.1 Å². The molecule has 1 aliphatic heterocycles. The van der Waals surface area contributed by atoms with E-state index in [1.165, 1.54) is 25.7 Å². The third-order valence-corrected chi connectivity index (χ3v) is 5.57. The number of hydrogen-bond acceptors (Lipinski definition) is 3. The molecular weight excluding hydrogens is 318 g/mol. The molecule has 6 heteroatoms. The molecule has 1 aliphatic carbocycles. The number of carboxylic acid groups (broad SMARTS) is 1. The zero-order valence-electron chi connectivity index (χ0n) is 15.7. The van der Waals surface area contributed by atoms with Gasteiger partial charge in [-0.1, -0.05) is 19.8 Å². The van der Waals surface area contributed by atoms with E-state index < -0.39 is 5.97 Å². The van der Waals surface area contributed by atoms with Crippen LogP contribution in [0.15, 0.2) is 0 Å². The standard InChI is InChI=1S/C19H35N3O3/c1-2-11-22(15-14-21-12-5-3-4-6-13-21)19(25)20-17-9-7-16(8-10-17)18(23)24/h16-17H,2-15H2,1H3,(H,20,25)(H,23,24). The Morgan fingerprint density at radius 3 is 2.24 bits per heavy atom. The van der Waals surface area contributed by atoms with Crippen molar-refractivity contribution in [3.05, 3.63) is 0 Å². The normalized spacial score (nSPS) is 25.2. The highest BCUT2D eigenvalue weighted by atomic mass is 16.4. The van der Waals surface area contributed by atoms with Crippen LogP contribution in [0.25, 0.3) is 0 Å². The van der Waals surface area contributed by atoms with Gasteiger partial charge in [0.05, 0.1) is 5.92 Å². The number of carbonyl (C=O) groups excluding carboxylic acids is 1. The van der Waals surface area contributed by atoms with Crippen LogP contribution in [0.4, 0.5) is 4.79 Å². The molecule has 2 fully saturated rings. The van der Waals surface area contributed by atoms with Gasteiger partial charge in [-0.05, 0) is 58.0 Å². The summed E-state index contributed by atoms with van der Waals surface area (Å²) in [6, 6.07) is 0.149. The molecular formula is C19H35N3O3. The molecule has 0 aromatic rings. The molecule has 25 heavy (non-hydrogen) atoms. The monoisotopic (exact) mass is 353 g/mol. The summed E-state index contributed by atoms with van der Waals surface area (Å²) >= 11 is 0. The van der Waals surface area contributed by atoms with E-state index in [0.717, 1.165) is 52.0 Å². The maximum absolute atomic E-state index is 12.6. The number of likely N-dealkylation sites (tertiary alicyclic amines) is 1. The highest BCUT2D eigenvalue weighted by Crippen LogP contribution is 2.24. The van der Waals surface area contributed by atoms with E-state index in [-0.39, 0.29) is 18.0 Å². The van der Waals surface area contributed by atoms with Crippen molar-refractivity contribution in [2.24, 2.45) is 5.92 Å². The molecule has 0 unspecified atom stereocenters. The molecule has 2 aliphatic rings. The molecule has 2 N–H and O–H groups in total. The van der Waals surface area contributed by atoms with Crippen molar-refractivity contribution >= 4 is 12.0 Å². The van der Waals surface area contributed by atoms with Gasteiger partial charge in [0.1, 0.15) is 0 Å². The summed E-state index contributed by atoms with van der Waals surface area (Å²) in [5, 5.41) is 12.2. The number of aliphatic carboxylic acids is 1. The lowest BCUT2D eigenvalue weighted by Crippen LogP contribution is -2.48. The molecule has 0 atom stereocenters. The highest BCUT2D eigenvalue weighted by molar-refractivity contribution is 5.74. The molecule has 0 bridgehead atoms. The summed E-state index contributed by atoms with van der Waals surface area (Å²) in [4.78, 5) is 28.1. The van der Waals surface area contributed by atoms with Crippen LogP contribution in [0.5, 0.6) is 0 Å². The molecule has 144 valence electrons. The minimum atomic E-state index is -0.699. The fourth-order valence-electron chi connectivity index (χ4n) is 3.96. The van der Waals surface area contributed by atoms with Crippen LogP contribution < -0.4 is 5.32 Å². The van der Waals surface area contributed by atoms with Gasteiger partial charge in [0.2, 0.25) is 0 Å². The quantitative estimate of drug-likeness (QED) is 0.738. The van der Waals surface area contributed by atoms with E-state index in [4.69, 9.17) is 5.11 Å². The van der Waals surface area contributed by atoms with Crippen LogP contribution in [0.3, 0.4) is 0 Å². The van der Waals surface area contributed by atoms with Gasteiger partial charge < -0.3 is 20.2 Å². The second kappa shape index (κ2) is 10.6. The summed E-state index contributed by atoms with van der Waals surface area (Å²) in [7, 11) is 0. The third kappa shape index (κ3) is 6.84. The predicted octanol–water partition coefficient (Wildman–Crippen LogP) is 2.93. The van der Waals surface area contributed by atoms with Gasteiger partial charge in [-0.3, -0.25) is 4.79 Å². The topological polar surface area (TPSA) is 72.9 Å². The first kappa shape index (κ1) is 20.0. The second-order valence-electron chi connectivity index (χ2n) is 7.58. The Balaban J connectivity index is 1.76. The van der Waals surface area contributed by atoms with E-state index in [1.807, 2.05) is 4.90 Å². The molecule has 1 saturated carbocycles. The summed E-state index contributed by atoms with van der Waals surface area (Å²) in [6.45, 7) is 6.93. The lowest BCUT2D eigenvalue weighted by molar-refractivity contribution is -0.142. The number of urea groups is 1. The third-order valence-electron chi connectivity index (χ3n) is 5.57. The first-order chi connectivity index (χ1) is 12.1. The van der Waals surface area contributed by atoms with Crippen LogP contribution in [0.1, 0.15) is 64.7 Å². The molecule has 0 spiro atoms. The summed E-state index contributed by atoms with van der Waals surface area (Å²) in [5.41, 5.74) is 0. The average Bonchev–Trinajstić information content (AvgIpc) is 2.87. The molecule has 2 amide bonds. The Bertz CT molecular complexity index is 414. The van der Waals surface area contributed by atoms with Crippen LogP contribution in [-0.4, -0.2) is 65.7 Å². The second-order valence-corrected chi connectivity index (χ2v) is 7.58. The maximum atomic E-state index is 12.6. The molecule has 0 radical (unpaired) electrons. The van der Waals surface area contributed by atoms with E-state index in [0.29, 0.717) is 12.8 Å². The van der Waals surface area contributed by atoms with Gasteiger partial charge >= 0.3 is 12.0 Å². The molecule has 6 nitrogen and oxygen atoms in total. The number of hydrogen-bond donors (Lipinski definition) is 2. The van der Waals surface area contributed by atoms with Crippen molar-refractivity contribution < 1.29 is 14.7 Å². The van der Waals surface area contributed by atoms with Gasteiger partial charge in [0.25, 0.3) is 0 Å². The van der Waals surface area contributed by atoms with Crippen LogP contribution in [0.2, 0.25) is 0 Å². The number of rotatable bonds is 7. The van der Waals surface area contributed by atoms with Crippen molar-refractivity contribution in [3.8, 4) is 0 Å². The van der Waals surface area contributed by atoms with Gasteiger partial charge in [0.15, 0.2) is 0 Å². The molecule has 1 heterocycles. The Labute approximate surface area is 151 Å². The fraction of sp³-hybridized carbons (Fsp3) is 0.895. The average molecular weight is 354 g/mol. The first-order valence-corrected chi connectivity index (χ1v) is 10.1. The van der Waals surface area contributed by atoms with E-state index >= 15 is 0 Å². The van der Waals surface area contributed by atoms with Crippen molar-refractivity contribution in [2.75, 3.05) is 32.7 Å². The van der Waals surface area contributed by atoms with Crippen molar-refractivity contribution in [3.63, 3.8) is 0 Å². The summed E-state index contributed by atoms with van der Waals surface area (Å²) in [6.07, 6.45) is 9.04. The number of nitrogens with zero attached hydrogens (tertiary/aromatic N) is 2. The maximum Gasteiger partial charge on any atom is 0.317 e. The lowest BCUT2D eigenvalue weighted by atomic mass is 9.86. The zero-order chi connectivity index (χ0) is 18.1. The van der Waals surface area contributed by atoms with Crippen LogP contribution in [-0.2, 0) is 4.79 Å². The van der Waals surface area contributed by atoms with Gasteiger partial charge in [-0.15, -0.1) is 0 Å². The van der Waals surface area contributed by atoms with Crippen molar-refractivity contribution in [1.82, 2.24) is 15.1 Å². The Morgan fingerprint density at radius 1 is 1.04 bits per heavy atom. The van der Waals surface area contributed by atoms with Gasteiger partial charge in [-0.2, -0.15) is 0 Å². The molecule has 0 aromatic carbocycles. The van der Waals surface area contributed by atoms with Gasteiger partial charge in [0, 0.05) is 25.7 Å². The minimum absolute atomic E-state index is 0.0236. The molecule has 0 aromatic heterocycles. The first-order valence-electron chi connectivity index (χ1n) is 10.1. The predicted molar refractivity (Wildman–Crippen MR) is 98.7 cm³/mol. The lowest BCUT2D eigenvalue weighted by Gasteiger charge is -2.31. The van der Waals surface area contributed by atoms with Crippen LogP contribution >= 0.6 is 0 Å².